The van der Waals surface area contributed by atoms with Gasteiger partial charge >= 0.3 is 0 Å². The molecule has 0 aliphatic carbocycles. The molecule has 1 rings (SSSR count). The number of hydrogen-bond acceptors (Lipinski definition) is 1. The van der Waals surface area contributed by atoms with Crippen LogP contribution in [0.4, 0.5) is 0 Å². The fraction of sp³-hybridized carbons (Fsp3) is 0.250. The second-order valence-corrected chi connectivity index (χ2v) is 3.48. The Hall–Kier alpha value is -1.08. The molecule has 14 heavy (non-hydrogen) atoms. The zero-order valence-corrected chi connectivity index (χ0v) is 8.92. The number of ketones is 1. The Kier molecular flexibility index (Phi) is 4.41. The van der Waals surface area contributed by atoms with Gasteiger partial charge in [0.15, 0.2) is 5.78 Å². The Balaban J connectivity index is 2.75. The van der Waals surface area contributed by atoms with Gasteiger partial charge in [0.1, 0.15) is 0 Å². The fourth-order valence-corrected chi connectivity index (χ4v) is 1.39. The van der Waals surface area contributed by atoms with Crippen molar-refractivity contribution in [2.24, 2.45) is 0 Å². The van der Waals surface area contributed by atoms with Crippen molar-refractivity contribution in [1.29, 1.82) is 0 Å². The van der Waals surface area contributed by atoms with Crippen LogP contribution in [0, 0.1) is 0 Å². The van der Waals surface area contributed by atoms with Crippen molar-refractivity contribution in [3.63, 3.8) is 0 Å². The summed E-state index contributed by atoms with van der Waals surface area (Å²) in [7, 11) is 0. The minimum Gasteiger partial charge on any atom is -0.295 e. The van der Waals surface area contributed by atoms with Gasteiger partial charge < -0.3 is 0 Å². The Morgan fingerprint density at radius 2 is 2.00 bits per heavy atom. The second-order valence-electron chi connectivity index (χ2n) is 3.07. The average Bonchev–Trinajstić information content (AvgIpc) is 2.19. The van der Waals surface area contributed by atoms with Gasteiger partial charge in [-0.2, -0.15) is 0 Å². The molecule has 0 aliphatic heterocycles. The smallest absolute Gasteiger partial charge is 0.157 e. The lowest BCUT2D eigenvalue weighted by atomic mass is 10.1. The number of benzene rings is 1. The lowest BCUT2D eigenvalue weighted by Gasteiger charge is -1.97. The summed E-state index contributed by atoms with van der Waals surface area (Å²) in [6.07, 6.45) is 2.91. The summed E-state index contributed by atoms with van der Waals surface area (Å²) in [5.74, 6) is 0.0846. The molecule has 0 fully saturated rings. The van der Waals surface area contributed by atoms with E-state index in [1.54, 1.807) is 0 Å². The number of carbonyl (C=O) groups is 1. The molecule has 0 unspecified atom stereocenters. The van der Waals surface area contributed by atoms with E-state index in [0.29, 0.717) is 11.5 Å². The quantitative estimate of drug-likeness (QED) is 0.691. The molecule has 0 atom stereocenters. The molecule has 1 aromatic carbocycles. The molecule has 0 aliphatic rings. The Labute approximate surface area is 89.4 Å². The van der Waals surface area contributed by atoms with Gasteiger partial charge in [0, 0.05) is 12.5 Å². The van der Waals surface area contributed by atoms with Crippen LogP contribution in [-0.4, -0.2) is 5.78 Å². The first-order valence-electron chi connectivity index (χ1n) is 4.69. The number of rotatable bonds is 4. The highest BCUT2D eigenvalue weighted by atomic mass is 35.5. The summed E-state index contributed by atoms with van der Waals surface area (Å²) in [6.45, 7) is 1.97. The maximum Gasteiger partial charge on any atom is 0.157 e. The molecule has 0 bridgehead atoms. The van der Waals surface area contributed by atoms with Crippen molar-refractivity contribution >= 4 is 22.4 Å². The van der Waals surface area contributed by atoms with Crippen molar-refractivity contribution in [2.75, 3.05) is 0 Å². The van der Waals surface area contributed by atoms with E-state index in [9.17, 15) is 4.79 Å². The third-order valence-corrected chi connectivity index (χ3v) is 2.16. The van der Waals surface area contributed by atoms with Crippen molar-refractivity contribution in [1.82, 2.24) is 0 Å². The van der Waals surface area contributed by atoms with Crippen molar-refractivity contribution < 1.29 is 4.79 Å². The van der Waals surface area contributed by atoms with E-state index in [4.69, 9.17) is 11.6 Å². The number of carbonyl (C=O) groups excluding carboxylic acids is 1. The Morgan fingerprint density at radius 1 is 1.36 bits per heavy atom. The molecular formula is C12H13ClO. The third-order valence-electron chi connectivity index (χ3n) is 1.83. The topological polar surface area (TPSA) is 17.1 Å². The summed E-state index contributed by atoms with van der Waals surface area (Å²) in [4.78, 5) is 11.3. The fourth-order valence-electron chi connectivity index (χ4n) is 1.14. The van der Waals surface area contributed by atoms with Crippen LogP contribution in [0.25, 0.3) is 5.03 Å². The van der Waals surface area contributed by atoms with Gasteiger partial charge in [-0.25, -0.2) is 0 Å². The summed E-state index contributed by atoms with van der Waals surface area (Å²) >= 11 is 5.98. The van der Waals surface area contributed by atoms with Crippen LogP contribution in [0.3, 0.4) is 0 Å². The highest BCUT2D eigenvalue weighted by Gasteiger charge is 2.00. The van der Waals surface area contributed by atoms with E-state index in [1.807, 2.05) is 37.3 Å². The molecule has 0 amide bonds. The van der Waals surface area contributed by atoms with Crippen LogP contribution in [-0.2, 0) is 4.79 Å². The summed E-state index contributed by atoms with van der Waals surface area (Å²) in [6, 6.07) is 9.49. The second kappa shape index (κ2) is 5.61. The van der Waals surface area contributed by atoms with Crippen LogP contribution in [0.2, 0.25) is 0 Å². The summed E-state index contributed by atoms with van der Waals surface area (Å²) in [5, 5.41) is 0.518. The molecule has 0 saturated heterocycles. The third kappa shape index (κ3) is 3.35. The van der Waals surface area contributed by atoms with Gasteiger partial charge in [-0.05, 0) is 12.0 Å². The van der Waals surface area contributed by atoms with Gasteiger partial charge in [-0.15, -0.1) is 0 Å². The predicted molar refractivity (Wildman–Crippen MR) is 60.2 cm³/mol. The summed E-state index contributed by atoms with van der Waals surface area (Å²) in [5.41, 5.74) is 0.888. The largest absolute Gasteiger partial charge is 0.295 e. The molecule has 0 saturated carbocycles. The Bertz CT molecular complexity index is 327. The predicted octanol–water partition coefficient (Wildman–Crippen LogP) is 3.64. The number of hydrogen-bond donors (Lipinski definition) is 0. The molecule has 1 aromatic rings. The van der Waals surface area contributed by atoms with E-state index >= 15 is 0 Å². The summed E-state index contributed by atoms with van der Waals surface area (Å²) < 4.78 is 0. The van der Waals surface area contributed by atoms with E-state index in [2.05, 4.69) is 0 Å². The van der Waals surface area contributed by atoms with Crippen LogP contribution in [0.1, 0.15) is 25.3 Å². The van der Waals surface area contributed by atoms with Gasteiger partial charge in [-0.3, -0.25) is 4.79 Å². The monoisotopic (exact) mass is 208 g/mol. The molecule has 0 heterocycles. The van der Waals surface area contributed by atoms with Crippen LogP contribution in [0.5, 0.6) is 0 Å². The maximum atomic E-state index is 11.3. The van der Waals surface area contributed by atoms with Gasteiger partial charge in [0.25, 0.3) is 0 Å². The lowest BCUT2D eigenvalue weighted by molar-refractivity contribution is -0.114. The first-order chi connectivity index (χ1) is 6.74. The van der Waals surface area contributed by atoms with Gasteiger partial charge in [0.2, 0.25) is 0 Å². The standard InChI is InChI=1S/C12H13ClO/c1-2-6-11(14)9-12(13)10-7-4-3-5-8-10/h3-5,7-9H,2,6H2,1H3. The van der Waals surface area contributed by atoms with E-state index in [0.717, 1.165) is 12.0 Å². The van der Waals surface area contributed by atoms with Gasteiger partial charge in [-0.1, -0.05) is 48.9 Å². The highest BCUT2D eigenvalue weighted by molar-refractivity contribution is 6.50. The SMILES string of the molecule is CCCC(=O)C=C(Cl)c1ccccc1. The van der Waals surface area contributed by atoms with Crippen molar-refractivity contribution in [3.8, 4) is 0 Å². The number of halogens is 1. The average molecular weight is 209 g/mol. The van der Waals surface area contributed by atoms with Crippen LogP contribution < -0.4 is 0 Å². The minimum atomic E-state index is 0.0846. The molecular weight excluding hydrogens is 196 g/mol. The van der Waals surface area contributed by atoms with E-state index < -0.39 is 0 Å². The zero-order chi connectivity index (χ0) is 10.4. The molecule has 74 valence electrons. The van der Waals surface area contributed by atoms with Gasteiger partial charge in [0.05, 0.1) is 5.03 Å². The first kappa shape index (κ1) is 11.0. The molecule has 2 heteroatoms. The van der Waals surface area contributed by atoms with Crippen molar-refractivity contribution in [3.05, 3.63) is 42.0 Å². The first-order valence-corrected chi connectivity index (χ1v) is 5.07. The molecule has 1 nitrogen and oxygen atoms in total. The molecule has 0 spiro atoms. The Morgan fingerprint density at radius 3 is 2.57 bits per heavy atom. The minimum absolute atomic E-state index is 0.0846. The zero-order valence-electron chi connectivity index (χ0n) is 8.16. The van der Waals surface area contributed by atoms with Crippen LogP contribution in [0.15, 0.2) is 36.4 Å². The number of allylic oxidation sites excluding steroid dienone is 1. The van der Waals surface area contributed by atoms with E-state index in [-0.39, 0.29) is 5.78 Å². The lowest BCUT2D eigenvalue weighted by Crippen LogP contribution is -1.91. The normalized spacial score (nSPS) is 11.4. The van der Waals surface area contributed by atoms with Crippen LogP contribution >= 0.6 is 11.6 Å². The molecule has 0 aromatic heterocycles. The highest BCUT2D eigenvalue weighted by Crippen LogP contribution is 2.18. The van der Waals surface area contributed by atoms with Crippen molar-refractivity contribution in [2.45, 2.75) is 19.8 Å². The van der Waals surface area contributed by atoms with E-state index in [1.165, 1.54) is 6.08 Å². The molecule has 0 N–H and O–H groups in total. The molecule has 0 radical (unpaired) electrons. The maximum absolute atomic E-state index is 11.3.